The number of hydrogen-bond donors (Lipinski definition) is 0. The van der Waals surface area contributed by atoms with Gasteiger partial charge in [-0.2, -0.15) is 0 Å². The maximum Gasteiger partial charge on any atom is 0.111 e. The zero-order valence-electron chi connectivity index (χ0n) is 15.1. The second-order valence-corrected chi connectivity index (χ2v) is 6.84. The highest BCUT2D eigenvalue weighted by Gasteiger charge is 2.11. The van der Waals surface area contributed by atoms with Gasteiger partial charge in [0.1, 0.15) is 5.82 Å². The van der Waals surface area contributed by atoms with Crippen molar-refractivity contribution in [2.75, 3.05) is 0 Å². The van der Waals surface area contributed by atoms with Crippen molar-refractivity contribution in [1.29, 1.82) is 0 Å². The number of benzene rings is 1. The monoisotopic (exact) mass is 312 g/mol. The lowest BCUT2D eigenvalue weighted by atomic mass is 10.1. The maximum atomic E-state index is 4.90. The number of unbranched alkanes of at least 4 members (excludes halogenated alkanes) is 3. The van der Waals surface area contributed by atoms with Gasteiger partial charge in [0, 0.05) is 18.7 Å². The highest BCUT2D eigenvalue weighted by Crippen LogP contribution is 2.17. The van der Waals surface area contributed by atoms with E-state index in [1.54, 1.807) is 0 Å². The van der Waals surface area contributed by atoms with E-state index in [0.717, 1.165) is 19.4 Å². The molecule has 126 valence electrons. The summed E-state index contributed by atoms with van der Waals surface area (Å²) < 4.78 is 2.40. The normalized spacial score (nSPS) is 11.3. The molecular formula is C21H32N2. The molecule has 0 fully saturated rings. The average Bonchev–Trinajstić information content (AvgIpc) is 2.96. The van der Waals surface area contributed by atoms with Gasteiger partial charge in [-0.1, -0.05) is 70.4 Å². The van der Waals surface area contributed by atoms with Crippen LogP contribution in [0.25, 0.3) is 0 Å². The first-order valence-corrected chi connectivity index (χ1v) is 9.30. The van der Waals surface area contributed by atoms with Crippen LogP contribution in [0.3, 0.4) is 0 Å². The molecule has 0 amide bonds. The summed E-state index contributed by atoms with van der Waals surface area (Å²) in [6.07, 6.45) is 10.9. The van der Waals surface area contributed by atoms with Crippen LogP contribution < -0.4 is 0 Å². The van der Waals surface area contributed by atoms with Crippen LogP contribution >= 0.6 is 0 Å². The molecule has 0 aliphatic rings. The van der Waals surface area contributed by atoms with Crippen LogP contribution in [0.1, 0.15) is 75.9 Å². The number of rotatable bonds is 10. The molecule has 1 heterocycles. The quantitative estimate of drug-likeness (QED) is 0.510. The lowest BCUT2D eigenvalue weighted by Gasteiger charge is -2.09. The van der Waals surface area contributed by atoms with E-state index < -0.39 is 0 Å². The number of imidazole rings is 1. The van der Waals surface area contributed by atoms with Crippen molar-refractivity contribution < 1.29 is 0 Å². The summed E-state index contributed by atoms with van der Waals surface area (Å²) in [5.41, 5.74) is 2.69. The molecular weight excluding hydrogens is 280 g/mol. The first-order valence-electron chi connectivity index (χ1n) is 9.30. The van der Waals surface area contributed by atoms with Crippen LogP contribution in [0, 0.1) is 0 Å². The molecule has 1 aromatic heterocycles. The van der Waals surface area contributed by atoms with E-state index in [-0.39, 0.29) is 0 Å². The molecule has 0 spiro atoms. The Hall–Kier alpha value is -1.57. The fourth-order valence-electron chi connectivity index (χ4n) is 3.07. The summed E-state index contributed by atoms with van der Waals surface area (Å²) in [6, 6.07) is 10.8. The molecule has 0 bridgehead atoms. The van der Waals surface area contributed by atoms with Crippen molar-refractivity contribution in [2.45, 2.75) is 78.2 Å². The Labute approximate surface area is 142 Å². The average molecular weight is 313 g/mol. The highest BCUT2D eigenvalue weighted by atomic mass is 15.1. The largest absolute Gasteiger partial charge is 0.334 e. The van der Waals surface area contributed by atoms with E-state index in [1.165, 1.54) is 49.2 Å². The van der Waals surface area contributed by atoms with Crippen LogP contribution in [-0.2, 0) is 19.4 Å². The van der Waals surface area contributed by atoms with E-state index in [2.05, 4.69) is 61.9 Å². The Bertz CT molecular complexity index is 554. The van der Waals surface area contributed by atoms with Crippen LogP contribution in [-0.4, -0.2) is 9.55 Å². The minimum absolute atomic E-state index is 0.504. The van der Waals surface area contributed by atoms with Gasteiger partial charge in [0.25, 0.3) is 0 Å². The number of nitrogens with zero attached hydrogens (tertiary/aromatic N) is 2. The van der Waals surface area contributed by atoms with Gasteiger partial charge in [0.2, 0.25) is 0 Å². The fraction of sp³-hybridized carbons (Fsp3) is 0.571. The summed E-state index contributed by atoms with van der Waals surface area (Å²) in [6.45, 7) is 7.89. The van der Waals surface area contributed by atoms with E-state index in [1.807, 2.05) is 0 Å². The van der Waals surface area contributed by atoms with Crippen LogP contribution in [0.15, 0.2) is 36.5 Å². The third-order valence-electron chi connectivity index (χ3n) is 4.37. The van der Waals surface area contributed by atoms with Crippen LogP contribution in [0.4, 0.5) is 0 Å². The van der Waals surface area contributed by atoms with Gasteiger partial charge >= 0.3 is 0 Å². The van der Waals surface area contributed by atoms with Gasteiger partial charge in [-0.15, -0.1) is 0 Å². The summed E-state index contributed by atoms with van der Waals surface area (Å²) in [7, 11) is 0. The molecule has 2 nitrogen and oxygen atoms in total. The predicted molar refractivity (Wildman–Crippen MR) is 98.9 cm³/mol. The fourth-order valence-corrected chi connectivity index (χ4v) is 3.07. The van der Waals surface area contributed by atoms with Gasteiger partial charge in [0.05, 0.1) is 5.69 Å². The smallest absolute Gasteiger partial charge is 0.111 e. The predicted octanol–water partition coefficient (Wildman–Crippen LogP) is 5.76. The summed E-state index contributed by atoms with van der Waals surface area (Å²) in [5, 5.41) is 0. The van der Waals surface area contributed by atoms with E-state index in [9.17, 15) is 0 Å². The molecule has 23 heavy (non-hydrogen) atoms. The second kappa shape index (κ2) is 9.54. The molecule has 2 rings (SSSR count). The van der Waals surface area contributed by atoms with Crippen LogP contribution in [0.5, 0.6) is 0 Å². The minimum atomic E-state index is 0.504. The number of hydrogen-bond acceptors (Lipinski definition) is 1. The van der Waals surface area contributed by atoms with E-state index in [0.29, 0.717) is 5.92 Å². The first-order chi connectivity index (χ1) is 11.2. The molecule has 2 aromatic rings. The van der Waals surface area contributed by atoms with Crippen molar-refractivity contribution in [3.8, 4) is 0 Å². The Morgan fingerprint density at radius 2 is 1.74 bits per heavy atom. The van der Waals surface area contributed by atoms with Crippen molar-refractivity contribution in [1.82, 2.24) is 9.55 Å². The summed E-state index contributed by atoms with van der Waals surface area (Å²) in [5.74, 6) is 1.76. The van der Waals surface area contributed by atoms with Gasteiger partial charge in [-0.3, -0.25) is 0 Å². The Morgan fingerprint density at radius 1 is 0.957 bits per heavy atom. The molecule has 0 N–H and O–H groups in total. The van der Waals surface area contributed by atoms with Crippen molar-refractivity contribution >= 4 is 0 Å². The summed E-state index contributed by atoms with van der Waals surface area (Å²) in [4.78, 5) is 4.90. The van der Waals surface area contributed by atoms with Gasteiger partial charge in [-0.05, 0) is 31.2 Å². The number of aromatic nitrogens is 2. The Balaban J connectivity index is 1.88. The Kier molecular flexibility index (Phi) is 7.38. The van der Waals surface area contributed by atoms with Gasteiger partial charge in [-0.25, -0.2) is 4.98 Å². The van der Waals surface area contributed by atoms with Crippen molar-refractivity contribution in [3.05, 3.63) is 53.6 Å². The third-order valence-corrected chi connectivity index (χ3v) is 4.37. The highest BCUT2D eigenvalue weighted by molar-refractivity contribution is 5.15. The minimum Gasteiger partial charge on any atom is -0.334 e. The maximum absolute atomic E-state index is 4.90. The van der Waals surface area contributed by atoms with E-state index >= 15 is 0 Å². The molecule has 0 aliphatic heterocycles. The molecule has 0 atom stereocenters. The first kappa shape index (κ1) is 17.8. The third kappa shape index (κ3) is 5.85. The molecule has 0 radical (unpaired) electrons. The topological polar surface area (TPSA) is 17.8 Å². The molecule has 0 saturated carbocycles. The zero-order valence-corrected chi connectivity index (χ0v) is 15.1. The van der Waals surface area contributed by atoms with Gasteiger partial charge in [0.15, 0.2) is 0 Å². The van der Waals surface area contributed by atoms with Crippen molar-refractivity contribution in [3.63, 3.8) is 0 Å². The lowest BCUT2D eigenvalue weighted by molar-refractivity contribution is 0.552. The molecule has 1 aromatic carbocycles. The second-order valence-electron chi connectivity index (χ2n) is 6.84. The van der Waals surface area contributed by atoms with Crippen molar-refractivity contribution in [2.24, 2.45) is 0 Å². The van der Waals surface area contributed by atoms with Crippen LogP contribution in [0.2, 0.25) is 0 Å². The SMILES string of the molecule is CCCCCCn1cc(CCCc2ccccc2)nc1C(C)C. The zero-order chi connectivity index (χ0) is 16.5. The molecule has 0 aliphatic carbocycles. The summed E-state index contributed by atoms with van der Waals surface area (Å²) >= 11 is 0. The van der Waals surface area contributed by atoms with E-state index in [4.69, 9.17) is 4.98 Å². The standard InChI is InChI=1S/C21H32N2/c1-4-5-6-10-16-23-17-20(22-21(23)18(2)3)15-11-14-19-12-8-7-9-13-19/h7-9,12-13,17-18H,4-6,10-11,14-16H2,1-3H3. The molecule has 0 unspecified atom stereocenters. The Morgan fingerprint density at radius 3 is 2.43 bits per heavy atom. The lowest BCUT2D eigenvalue weighted by Crippen LogP contribution is -2.04. The molecule has 0 saturated heterocycles. The van der Waals surface area contributed by atoms with Gasteiger partial charge < -0.3 is 4.57 Å². The number of aryl methyl sites for hydroxylation is 3. The molecule has 2 heteroatoms.